The van der Waals surface area contributed by atoms with Crippen molar-refractivity contribution >= 4 is 23.3 Å². The van der Waals surface area contributed by atoms with Crippen LogP contribution in [0, 0.1) is 0 Å². The second-order valence-electron chi connectivity index (χ2n) is 4.02. The first kappa shape index (κ1) is 12.2. The van der Waals surface area contributed by atoms with Gasteiger partial charge in [-0.3, -0.25) is 0 Å². The van der Waals surface area contributed by atoms with Gasteiger partial charge in [0.25, 0.3) is 0 Å². The van der Waals surface area contributed by atoms with E-state index in [2.05, 4.69) is 5.32 Å². The Balaban J connectivity index is 2.06. The molecule has 1 aliphatic heterocycles. The van der Waals surface area contributed by atoms with Gasteiger partial charge in [-0.25, -0.2) is 4.79 Å². The standard InChI is InChI=1S/C12H14ClNO3/c13-8-3-5-9(6-4-8)14-11(12(15)16)10-2-1-7-17-10/h3-6,10-11,14H,1-2,7H2,(H,15,16). The number of rotatable bonds is 4. The molecular weight excluding hydrogens is 242 g/mol. The van der Waals surface area contributed by atoms with Gasteiger partial charge in [-0.05, 0) is 37.1 Å². The van der Waals surface area contributed by atoms with Gasteiger partial charge in [-0.2, -0.15) is 0 Å². The Hall–Kier alpha value is -1.26. The highest BCUT2D eigenvalue weighted by Gasteiger charge is 2.31. The summed E-state index contributed by atoms with van der Waals surface area (Å²) in [6, 6.07) is 6.25. The molecule has 2 rings (SSSR count). The molecule has 17 heavy (non-hydrogen) atoms. The lowest BCUT2D eigenvalue weighted by molar-refractivity contribution is -0.140. The maximum absolute atomic E-state index is 11.2. The molecule has 0 amide bonds. The second kappa shape index (κ2) is 5.38. The number of carbonyl (C=O) groups is 1. The Morgan fingerprint density at radius 3 is 2.71 bits per heavy atom. The van der Waals surface area contributed by atoms with Crippen LogP contribution in [0.1, 0.15) is 12.8 Å². The average Bonchev–Trinajstić information content (AvgIpc) is 2.81. The normalized spacial score (nSPS) is 21.1. The summed E-state index contributed by atoms with van der Waals surface area (Å²) in [6.07, 6.45) is 1.43. The van der Waals surface area contributed by atoms with E-state index >= 15 is 0 Å². The molecule has 1 aromatic rings. The quantitative estimate of drug-likeness (QED) is 0.867. The van der Waals surface area contributed by atoms with Crippen LogP contribution in [0.2, 0.25) is 5.02 Å². The summed E-state index contributed by atoms with van der Waals surface area (Å²) in [5.41, 5.74) is 0.734. The van der Waals surface area contributed by atoms with Crippen molar-refractivity contribution in [1.29, 1.82) is 0 Å². The number of benzene rings is 1. The fraction of sp³-hybridized carbons (Fsp3) is 0.417. The van der Waals surface area contributed by atoms with E-state index in [4.69, 9.17) is 16.3 Å². The lowest BCUT2D eigenvalue weighted by Crippen LogP contribution is -2.40. The van der Waals surface area contributed by atoms with E-state index in [0.717, 1.165) is 18.5 Å². The SMILES string of the molecule is O=C(O)C(Nc1ccc(Cl)cc1)C1CCCO1. The molecule has 0 spiro atoms. The van der Waals surface area contributed by atoms with Crippen LogP contribution in [0.25, 0.3) is 0 Å². The monoisotopic (exact) mass is 255 g/mol. The van der Waals surface area contributed by atoms with Gasteiger partial charge >= 0.3 is 5.97 Å². The molecule has 0 aromatic heterocycles. The zero-order valence-corrected chi connectivity index (χ0v) is 9.98. The second-order valence-corrected chi connectivity index (χ2v) is 4.46. The summed E-state index contributed by atoms with van der Waals surface area (Å²) < 4.78 is 5.40. The van der Waals surface area contributed by atoms with E-state index in [9.17, 15) is 9.90 Å². The smallest absolute Gasteiger partial charge is 0.328 e. The summed E-state index contributed by atoms with van der Waals surface area (Å²) in [5, 5.41) is 12.8. The van der Waals surface area contributed by atoms with Crippen molar-refractivity contribution in [2.45, 2.75) is 25.0 Å². The molecule has 1 fully saturated rings. The van der Waals surface area contributed by atoms with Crippen LogP contribution < -0.4 is 5.32 Å². The summed E-state index contributed by atoms with van der Waals surface area (Å²) in [6.45, 7) is 0.636. The molecule has 1 aliphatic rings. The minimum atomic E-state index is -0.896. The number of aliphatic carboxylic acids is 1. The van der Waals surface area contributed by atoms with Gasteiger partial charge in [0.05, 0.1) is 6.10 Å². The van der Waals surface area contributed by atoms with E-state index in [0.29, 0.717) is 11.6 Å². The van der Waals surface area contributed by atoms with Crippen molar-refractivity contribution in [3.63, 3.8) is 0 Å². The molecule has 0 radical (unpaired) electrons. The zero-order valence-electron chi connectivity index (χ0n) is 9.23. The fourth-order valence-electron chi connectivity index (χ4n) is 1.90. The van der Waals surface area contributed by atoms with Crippen LogP contribution in [0.5, 0.6) is 0 Å². The number of carboxylic acid groups (broad SMARTS) is 1. The van der Waals surface area contributed by atoms with E-state index < -0.39 is 12.0 Å². The first-order chi connectivity index (χ1) is 8.16. The van der Waals surface area contributed by atoms with Crippen LogP contribution in [-0.2, 0) is 9.53 Å². The third-order valence-electron chi connectivity index (χ3n) is 2.77. The lowest BCUT2D eigenvalue weighted by atomic mass is 10.1. The van der Waals surface area contributed by atoms with Crippen molar-refractivity contribution < 1.29 is 14.6 Å². The van der Waals surface area contributed by atoms with Gasteiger partial charge in [-0.15, -0.1) is 0 Å². The largest absolute Gasteiger partial charge is 0.480 e. The van der Waals surface area contributed by atoms with E-state index in [-0.39, 0.29) is 6.10 Å². The number of halogens is 1. The van der Waals surface area contributed by atoms with Crippen molar-refractivity contribution in [2.75, 3.05) is 11.9 Å². The van der Waals surface area contributed by atoms with E-state index in [1.54, 1.807) is 24.3 Å². The summed E-state index contributed by atoms with van der Waals surface area (Å²) in [7, 11) is 0. The van der Waals surface area contributed by atoms with Gasteiger partial charge in [-0.1, -0.05) is 11.6 Å². The molecular formula is C12H14ClNO3. The topological polar surface area (TPSA) is 58.6 Å². The predicted molar refractivity (Wildman–Crippen MR) is 65.5 cm³/mol. The Morgan fingerprint density at radius 2 is 2.18 bits per heavy atom. The molecule has 5 heteroatoms. The average molecular weight is 256 g/mol. The minimum absolute atomic E-state index is 0.261. The van der Waals surface area contributed by atoms with E-state index in [1.807, 2.05) is 0 Å². The number of hydrogen-bond donors (Lipinski definition) is 2. The maximum Gasteiger partial charge on any atom is 0.328 e. The molecule has 1 saturated heterocycles. The van der Waals surface area contributed by atoms with Crippen molar-refractivity contribution in [2.24, 2.45) is 0 Å². The Labute approximate surface area is 105 Å². The van der Waals surface area contributed by atoms with Crippen LogP contribution in [0.4, 0.5) is 5.69 Å². The molecule has 2 atom stereocenters. The summed E-state index contributed by atoms with van der Waals surface area (Å²) >= 11 is 5.77. The Bertz CT molecular complexity index is 387. The maximum atomic E-state index is 11.2. The molecule has 0 aliphatic carbocycles. The molecule has 1 aromatic carbocycles. The molecule has 4 nitrogen and oxygen atoms in total. The Kier molecular flexibility index (Phi) is 3.86. The number of hydrogen-bond acceptors (Lipinski definition) is 3. The van der Waals surface area contributed by atoms with Crippen LogP contribution in [0.3, 0.4) is 0 Å². The van der Waals surface area contributed by atoms with Crippen molar-refractivity contribution in [3.05, 3.63) is 29.3 Å². The number of ether oxygens (including phenoxy) is 1. The molecule has 2 N–H and O–H groups in total. The predicted octanol–water partition coefficient (Wildman–Crippen LogP) is 2.38. The van der Waals surface area contributed by atoms with Crippen LogP contribution in [-0.4, -0.2) is 29.8 Å². The number of anilines is 1. The van der Waals surface area contributed by atoms with Crippen molar-refractivity contribution in [3.8, 4) is 0 Å². The van der Waals surface area contributed by atoms with Gasteiger partial charge < -0.3 is 15.2 Å². The molecule has 2 unspecified atom stereocenters. The fourth-order valence-corrected chi connectivity index (χ4v) is 2.03. The number of nitrogens with one attached hydrogen (secondary N) is 1. The van der Waals surface area contributed by atoms with Crippen LogP contribution >= 0.6 is 11.6 Å². The Morgan fingerprint density at radius 1 is 1.47 bits per heavy atom. The summed E-state index contributed by atoms with van der Waals surface area (Å²) in [5.74, 6) is -0.896. The van der Waals surface area contributed by atoms with Gasteiger partial charge in [0.1, 0.15) is 0 Å². The van der Waals surface area contributed by atoms with Crippen molar-refractivity contribution in [1.82, 2.24) is 0 Å². The van der Waals surface area contributed by atoms with Gasteiger partial charge in [0.15, 0.2) is 6.04 Å². The van der Waals surface area contributed by atoms with E-state index in [1.165, 1.54) is 0 Å². The third kappa shape index (κ3) is 3.11. The molecule has 92 valence electrons. The molecule has 0 saturated carbocycles. The lowest BCUT2D eigenvalue weighted by Gasteiger charge is -2.21. The summed E-state index contributed by atoms with van der Waals surface area (Å²) in [4.78, 5) is 11.2. The first-order valence-electron chi connectivity index (χ1n) is 5.53. The zero-order chi connectivity index (χ0) is 12.3. The molecule has 1 heterocycles. The third-order valence-corrected chi connectivity index (χ3v) is 3.02. The minimum Gasteiger partial charge on any atom is -0.480 e. The number of carboxylic acids is 1. The van der Waals surface area contributed by atoms with Gasteiger partial charge in [0, 0.05) is 17.3 Å². The van der Waals surface area contributed by atoms with Gasteiger partial charge in [0.2, 0.25) is 0 Å². The first-order valence-corrected chi connectivity index (χ1v) is 5.91. The highest BCUT2D eigenvalue weighted by atomic mass is 35.5. The van der Waals surface area contributed by atoms with Crippen LogP contribution in [0.15, 0.2) is 24.3 Å². The highest BCUT2D eigenvalue weighted by Crippen LogP contribution is 2.20. The highest BCUT2D eigenvalue weighted by molar-refractivity contribution is 6.30. The molecule has 0 bridgehead atoms.